The Kier molecular flexibility index (Phi) is 3.21. The summed E-state index contributed by atoms with van der Waals surface area (Å²) in [6.07, 6.45) is 1.45. The van der Waals surface area contributed by atoms with E-state index in [1.54, 1.807) is 5.38 Å². The molecular formula is C6H7N4OS. The molecule has 12 heavy (non-hydrogen) atoms. The average molecular weight is 183 g/mol. The fourth-order valence-electron chi connectivity index (χ4n) is 0.464. The van der Waals surface area contributed by atoms with E-state index in [4.69, 9.17) is 0 Å². The van der Waals surface area contributed by atoms with Crippen molar-refractivity contribution in [3.63, 3.8) is 0 Å². The van der Waals surface area contributed by atoms with E-state index in [1.165, 1.54) is 24.6 Å². The molecule has 0 aliphatic carbocycles. The summed E-state index contributed by atoms with van der Waals surface area (Å²) in [6, 6.07) is -0.356. The number of aromatic nitrogens is 1. The summed E-state index contributed by atoms with van der Waals surface area (Å²) in [7, 11) is 1.52. The minimum atomic E-state index is -0.356. The van der Waals surface area contributed by atoms with E-state index < -0.39 is 0 Å². The second-order valence-corrected chi connectivity index (χ2v) is 2.47. The maximum absolute atomic E-state index is 10.6. The lowest BCUT2D eigenvalue weighted by Crippen LogP contribution is -2.28. The van der Waals surface area contributed by atoms with E-state index in [2.05, 4.69) is 26.3 Å². The van der Waals surface area contributed by atoms with Crippen LogP contribution < -0.4 is 10.7 Å². The van der Waals surface area contributed by atoms with Crippen molar-refractivity contribution in [2.24, 2.45) is 5.10 Å². The van der Waals surface area contributed by atoms with Gasteiger partial charge in [0.25, 0.3) is 0 Å². The van der Waals surface area contributed by atoms with Crippen LogP contribution in [0.4, 0.5) is 4.79 Å². The van der Waals surface area contributed by atoms with Crippen molar-refractivity contribution >= 4 is 23.6 Å². The number of hydrazone groups is 1. The van der Waals surface area contributed by atoms with Gasteiger partial charge < -0.3 is 5.32 Å². The number of amides is 2. The topological polar surface area (TPSA) is 66.4 Å². The van der Waals surface area contributed by atoms with E-state index in [1.807, 2.05) is 0 Å². The van der Waals surface area contributed by atoms with Crippen molar-refractivity contribution in [3.05, 3.63) is 16.6 Å². The van der Waals surface area contributed by atoms with Gasteiger partial charge in [0.2, 0.25) is 0 Å². The quantitative estimate of drug-likeness (QED) is 0.508. The summed E-state index contributed by atoms with van der Waals surface area (Å²) in [5.74, 6) is 0. The van der Waals surface area contributed by atoms with Gasteiger partial charge >= 0.3 is 6.03 Å². The van der Waals surface area contributed by atoms with Gasteiger partial charge in [-0.15, -0.1) is 11.3 Å². The molecule has 1 heterocycles. The van der Waals surface area contributed by atoms with Crippen LogP contribution >= 0.6 is 11.3 Å². The highest BCUT2D eigenvalue weighted by molar-refractivity contribution is 7.07. The van der Waals surface area contributed by atoms with E-state index in [-0.39, 0.29) is 6.03 Å². The van der Waals surface area contributed by atoms with Gasteiger partial charge in [-0.05, 0) is 0 Å². The summed E-state index contributed by atoms with van der Waals surface area (Å²) in [5, 5.41) is 7.75. The molecule has 0 aliphatic rings. The molecule has 1 aromatic heterocycles. The lowest BCUT2D eigenvalue weighted by Gasteiger charge is -1.93. The fourth-order valence-corrected chi connectivity index (χ4v) is 0.909. The summed E-state index contributed by atoms with van der Waals surface area (Å²) in [6.45, 7) is 0. The molecule has 2 amide bonds. The second-order valence-electron chi connectivity index (χ2n) is 1.81. The molecule has 1 rings (SSSR count). The molecule has 0 saturated carbocycles. The monoisotopic (exact) mass is 183 g/mol. The first kappa shape index (κ1) is 8.66. The number of urea groups is 1. The molecule has 1 radical (unpaired) electrons. The Balaban J connectivity index is 2.37. The summed E-state index contributed by atoms with van der Waals surface area (Å²) >= 11 is 1.35. The van der Waals surface area contributed by atoms with Crippen LogP contribution in [0.15, 0.2) is 10.5 Å². The Morgan fingerprint density at radius 1 is 1.92 bits per heavy atom. The SMILES string of the molecule is CNC(=O)NN=Cc1cs[c]n1. The van der Waals surface area contributed by atoms with Crippen LogP contribution in [0.5, 0.6) is 0 Å². The first-order chi connectivity index (χ1) is 5.83. The number of rotatable bonds is 2. The first-order valence-electron chi connectivity index (χ1n) is 3.15. The van der Waals surface area contributed by atoms with Crippen molar-refractivity contribution in [1.29, 1.82) is 0 Å². The zero-order chi connectivity index (χ0) is 8.81. The molecule has 0 saturated heterocycles. The molecule has 63 valence electrons. The minimum absolute atomic E-state index is 0.356. The minimum Gasteiger partial charge on any atom is -0.340 e. The third-order valence-corrected chi connectivity index (χ3v) is 1.55. The van der Waals surface area contributed by atoms with Crippen molar-refractivity contribution in [3.8, 4) is 0 Å². The van der Waals surface area contributed by atoms with Gasteiger partial charge in [-0.25, -0.2) is 15.2 Å². The molecule has 0 aromatic carbocycles. The van der Waals surface area contributed by atoms with Gasteiger partial charge in [-0.2, -0.15) is 5.10 Å². The maximum Gasteiger partial charge on any atom is 0.334 e. The number of carbonyl (C=O) groups is 1. The summed E-state index contributed by atoms with van der Waals surface area (Å²) < 4.78 is 0. The van der Waals surface area contributed by atoms with Crippen molar-refractivity contribution in [1.82, 2.24) is 15.7 Å². The summed E-state index contributed by atoms with van der Waals surface area (Å²) in [5.41, 5.74) is 5.57. The van der Waals surface area contributed by atoms with Gasteiger partial charge in [-0.1, -0.05) is 0 Å². The van der Waals surface area contributed by atoms with Gasteiger partial charge in [0.1, 0.15) is 0 Å². The number of hydrogen-bond acceptors (Lipinski definition) is 4. The fraction of sp³-hybridized carbons (Fsp3) is 0.167. The van der Waals surface area contributed by atoms with Gasteiger partial charge in [-0.3, -0.25) is 0 Å². The highest BCUT2D eigenvalue weighted by atomic mass is 32.1. The molecule has 6 heteroatoms. The Morgan fingerprint density at radius 2 is 2.75 bits per heavy atom. The van der Waals surface area contributed by atoms with E-state index >= 15 is 0 Å². The lowest BCUT2D eigenvalue weighted by atomic mass is 10.6. The predicted octanol–water partition coefficient (Wildman–Crippen LogP) is 0.206. The Bertz CT molecular complexity index is 269. The van der Waals surface area contributed by atoms with Crippen LogP contribution in [0.2, 0.25) is 0 Å². The van der Waals surface area contributed by atoms with E-state index in [9.17, 15) is 4.79 Å². The Labute approximate surface area is 73.5 Å². The van der Waals surface area contributed by atoms with E-state index in [0.717, 1.165) is 0 Å². The van der Waals surface area contributed by atoms with Crippen molar-refractivity contribution in [2.75, 3.05) is 7.05 Å². The Morgan fingerprint density at radius 3 is 3.33 bits per heavy atom. The number of hydrogen-bond donors (Lipinski definition) is 2. The molecule has 2 N–H and O–H groups in total. The molecular weight excluding hydrogens is 176 g/mol. The smallest absolute Gasteiger partial charge is 0.334 e. The van der Waals surface area contributed by atoms with Crippen LogP contribution in [0.25, 0.3) is 0 Å². The van der Waals surface area contributed by atoms with Crippen LogP contribution in [0.1, 0.15) is 5.69 Å². The van der Waals surface area contributed by atoms with Crippen LogP contribution in [0, 0.1) is 5.51 Å². The normalized spacial score (nSPS) is 10.1. The third kappa shape index (κ3) is 2.67. The largest absolute Gasteiger partial charge is 0.340 e. The summed E-state index contributed by atoms with van der Waals surface area (Å²) in [4.78, 5) is 14.4. The zero-order valence-corrected chi connectivity index (χ0v) is 7.18. The number of nitrogens with zero attached hydrogens (tertiary/aromatic N) is 2. The number of thiazole rings is 1. The highest BCUT2D eigenvalue weighted by Crippen LogP contribution is 1.95. The molecule has 0 aliphatic heterocycles. The maximum atomic E-state index is 10.6. The van der Waals surface area contributed by atoms with Crippen LogP contribution in [0.3, 0.4) is 0 Å². The number of nitrogens with one attached hydrogen (secondary N) is 2. The van der Waals surface area contributed by atoms with E-state index in [0.29, 0.717) is 5.69 Å². The van der Waals surface area contributed by atoms with Crippen molar-refractivity contribution < 1.29 is 4.79 Å². The zero-order valence-electron chi connectivity index (χ0n) is 6.37. The van der Waals surface area contributed by atoms with Gasteiger partial charge in [0.05, 0.1) is 11.9 Å². The van der Waals surface area contributed by atoms with Gasteiger partial charge in [0.15, 0.2) is 5.51 Å². The van der Waals surface area contributed by atoms with Crippen LogP contribution in [-0.2, 0) is 0 Å². The standard InChI is InChI=1S/C6H7N4OS/c1-7-6(11)10-9-2-5-3-12-4-8-5/h2-3H,1H3,(H2,7,10,11). The molecule has 0 atom stereocenters. The molecule has 0 spiro atoms. The molecule has 5 nitrogen and oxygen atoms in total. The second kappa shape index (κ2) is 4.45. The number of carbonyl (C=O) groups excluding carboxylic acids is 1. The molecule has 1 aromatic rings. The highest BCUT2D eigenvalue weighted by Gasteiger charge is 1.91. The van der Waals surface area contributed by atoms with Crippen LogP contribution in [-0.4, -0.2) is 24.3 Å². The predicted molar refractivity (Wildman–Crippen MR) is 46.1 cm³/mol. The van der Waals surface area contributed by atoms with Gasteiger partial charge in [0, 0.05) is 12.4 Å². The Hall–Kier alpha value is -1.43. The molecule has 0 fully saturated rings. The van der Waals surface area contributed by atoms with Crippen molar-refractivity contribution in [2.45, 2.75) is 0 Å². The first-order valence-corrected chi connectivity index (χ1v) is 4.03. The lowest BCUT2D eigenvalue weighted by molar-refractivity contribution is 0.243. The third-order valence-electron chi connectivity index (χ3n) is 0.997. The average Bonchev–Trinajstić information content (AvgIpc) is 2.57. The molecule has 0 bridgehead atoms. The molecule has 0 unspecified atom stereocenters.